The number of ether oxygens (including phenoxy) is 2. The van der Waals surface area contributed by atoms with E-state index in [2.05, 4.69) is 88.2 Å². The zero-order valence-corrected chi connectivity index (χ0v) is 30.6. The van der Waals surface area contributed by atoms with Gasteiger partial charge in [-0.1, -0.05) is 61.8 Å². The zero-order valence-electron chi connectivity index (χ0n) is 29.8. The fraction of sp³-hybridized carbons (Fsp3) is 0.385. The number of aliphatic hydroxyl groups is 1. The molecule has 8 nitrogen and oxygen atoms in total. The minimum absolute atomic E-state index is 0.0124. The highest BCUT2D eigenvalue weighted by Crippen LogP contribution is 2.38. The minimum Gasteiger partial charge on any atom is -0.488 e. The number of nitrogens with zero attached hydrogens (tertiary/aromatic N) is 2. The van der Waals surface area contributed by atoms with Crippen LogP contribution in [0.1, 0.15) is 74.9 Å². The molecule has 0 unspecified atom stereocenters. The normalized spacial score (nSPS) is 14.5. The van der Waals surface area contributed by atoms with E-state index in [1.54, 1.807) is 18.3 Å². The summed E-state index contributed by atoms with van der Waals surface area (Å²) >= 11 is 6.72. The fourth-order valence-corrected chi connectivity index (χ4v) is 5.75. The van der Waals surface area contributed by atoms with Gasteiger partial charge in [-0.2, -0.15) is 5.26 Å². The van der Waals surface area contributed by atoms with Gasteiger partial charge in [-0.25, -0.2) is 0 Å². The lowest BCUT2D eigenvalue weighted by atomic mass is 9.74. The van der Waals surface area contributed by atoms with Gasteiger partial charge in [0, 0.05) is 42.7 Å². The minimum atomic E-state index is -0.446. The topological polar surface area (TPSA) is 106 Å². The molecule has 0 spiro atoms. The molecular weight excluding hydrogens is 637 g/mol. The van der Waals surface area contributed by atoms with Crippen LogP contribution < -0.4 is 20.3 Å². The average molecular weight is 684 g/mol. The predicted octanol–water partition coefficient (Wildman–Crippen LogP) is 7.46. The number of hydrogen-bond acceptors (Lipinski definition) is 8. The fourth-order valence-electron chi connectivity index (χ4n) is 5.51. The lowest BCUT2D eigenvalue weighted by Gasteiger charge is -2.32. The highest BCUT2D eigenvalue weighted by Gasteiger charge is 2.52. The van der Waals surface area contributed by atoms with Gasteiger partial charge in [-0.05, 0) is 87.0 Å². The third-order valence-electron chi connectivity index (χ3n) is 9.04. The third kappa shape index (κ3) is 8.83. The summed E-state index contributed by atoms with van der Waals surface area (Å²) in [5.74, 6) is 1.07. The summed E-state index contributed by atoms with van der Waals surface area (Å²) in [6.45, 7) is 17.9. The third-order valence-corrected chi connectivity index (χ3v) is 9.33. The van der Waals surface area contributed by atoms with E-state index in [4.69, 9.17) is 30.4 Å². The van der Waals surface area contributed by atoms with E-state index in [0.29, 0.717) is 41.8 Å². The second-order valence-corrected chi connectivity index (χ2v) is 13.2. The Kier molecular flexibility index (Phi) is 12.9. The van der Waals surface area contributed by atoms with E-state index in [0.717, 1.165) is 44.4 Å². The van der Waals surface area contributed by atoms with Gasteiger partial charge < -0.3 is 29.2 Å². The maximum absolute atomic E-state index is 9.24. The standard InChI is InChI=1S/C37H41BClN3O5.C2H6/c1-24-28(9-7-10-30(24)31-11-8-12-32(25(31)2)38-46-36(3,4)37(5,6)47-38)23-45-35-17-34(29(16-33(35)39)21-41-13-14-43)44-22-27-15-26(18-40)19-42-20-27;1-2/h7-12,15-17,19-20,41,43H,13-14,21-23H2,1-6H3;1-2H3. The second kappa shape index (κ2) is 16.7. The van der Waals surface area contributed by atoms with Gasteiger partial charge in [0.1, 0.15) is 30.8 Å². The van der Waals surface area contributed by atoms with Gasteiger partial charge in [0.15, 0.2) is 0 Å². The van der Waals surface area contributed by atoms with Gasteiger partial charge >= 0.3 is 7.12 Å². The molecule has 1 aliphatic rings. The zero-order chi connectivity index (χ0) is 35.8. The summed E-state index contributed by atoms with van der Waals surface area (Å²) in [5.41, 5.74) is 7.67. The SMILES string of the molecule is CC.Cc1c(COc2cc(OCc3cncc(C#N)c3)c(CNCCO)cc2Cl)cccc1-c1cccc(B2OC(C)(C)C(C)(C)O2)c1C. The van der Waals surface area contributed by atoms with Gasteiger partial charge in [0.25, 0.3) is 0 Å². The molecule has 3 aromatic carbocycles. The van der Waals surface area contributed by atoms with Gasteiger partial charge in [0.05, 0.1) is 28.4 Å². The van der Waals surface area contributed by atoms with Crippen molar-refractivity contribution in [2.24, 2.45) is 0 Å². The van der Waals surface area contributed by atoms with Crippen LogP contribution in [0.25, 0.3) is 11.1 Å². The Balaban J connectivity index is 0.00000265. The number of halogens is 1. The summed E-state index contributed by atoms with van der Waals surface area (Å²) in [5, 5.41) is 22.1. The number of aliphatic hydroxyl groups excluding tert-OH is 1. The first-order chi connectivity index (χ1) is 23.4. The van der Waals surface area contributed by atoms with Crippen LogP contribution in [0.3, 0.4) is 0 Å². The van der Waals surface area contributed by atoms with Crippen LogP contribution >= 0.6 is 11.6 Å². The largest absolute Gasteiger partial charge is 0.495 e. The molecule has 0 aliphatic carbocycles. The molecule has 10 heteroatoms. The monoisotopic (exact) mass is 683 g/mol. The van der Waals surface area contributed by atoms with Gasteiger partial charge in [0.2, 0.25) is 0 Å². The van der Waals surface area contributed by atoms with E-state index in [1.807, 2.05) is 26.0 Å². The summed E-state index contributed by atoms with van der Waals surface area (Å²) < 4.78 is 25.3. The van der Waals surface area contributed by atoms with Crippen molar-refractivity contribution in [3.8, 4) is 28.7 Å². The Morgan fingerprint density at radius 2 is 1.53 bits per heavy atom. The van der Waals surface area contributed by atoms with Crippen molar-refractivity contribution in [3.63, 3.8) is 0 Å². The summed E-state index contributed by atoms with van der Waals surface area (Å²) in [7, 11) is -0.446. The van der Waals surface area contributed by atoms with Crippen LogP contribution in [-0.4, -0.2) is 41.6 Å². The summed E-state index contributed by atoms with van der Waals surface area (Å²) in [4.78, 5) is 4.12. The molecule has 0 atom stereocenters. The summed E-state index contributed by atoms with van der Waals surface area (Å²) in [6.07, 6.45) is 3.18. The van der Waals surface area contributed by atoms with Crippen LogP contribution in [0, 0.1) is 25.2 Å². The van der Waals surface area contributed by atoms with Crippen LogP contribution in [0.4, 0.5) is 0 Å². The number of benzene rings is 3. The lowest BCUT2D eigenvalue weighted by Crippen LogP contribution is -2.41. The number of nitriles is 1. The molecule has 2 heterocycles. The molecule has 258 valence electrons. The predicted molar refractivity (Wildman–Crippen MR) is 196 cm³/mol. The van der Waals surface area contributed by atoms with Gasteiger partial charge in [-0.3, -0.25) is 4.98 Å². The number of hydrogen-bond donors (Lipinski definition) is 2. The summed E-state index contributed by atoms with van der Waals surface area (Å²) in [6, 6.07) is 19.9. The number of rotatable bonds is 12. The maximum Gasteiger partial charge on any atom is 0.495 e. The van der Waals surface area contributed by atoms with Crippen molar-refractivity contribution in [2.75, 3.05) is 13.2 Å². The van der Waals surface area contributed by atoms with Crippen molar-refractivity contribution in [2.45, 2.75) is 86.4 Å². The molecule has 1 aliphatic heterocycles. The quantitative estimate of drug-likeness (QED) is 0.117. The van der Waals surface area contributed by atoms with Crippen molar-refractivity contribution < 1.29 is 23.9 Å². The second-order valence-electron chi connectivity index (χ2n) is 12.8. The van der Waals surface area contributed by atoms with Crippen LogP contribution in [0.5, 0.6) is 11.5 Å². The molecule has 49 heavy (non-hydrogen) atoms. The smallest absolute Gasteiger partial charge is 0.488 e. The van der Waals surface area contributed by atoms with E-state index in [9.17, 15) is 10.4 Å². The highest BCUT2D eigenvalue weighted by atomic mass is 35.5. The van der Waals surface area contributed by atoms with E-state index < -0.39 is 18.3 Å². The van der Waals surface area contributed by atoms with E-state index in [1.165, 1.54) is 6.20 Å². The Morgan fingerprint density at radius 1 is 0.878 bits per heavy atom. The van der Waals surface area contributed by atoms with Crippen molar-refractivity contribution in [1.82, 2.24) is 10.3 Å². The molecule has 1 fully saturated rings. The molecule has 4 aromatic rings. The Hall–Kier alpha value is -3.91. The highest BCUT2D eigenvalue weighted by molar-refractivity contribution is 6.62. The first-order valence-corrected chi connectivity index (χ1v) is 17.1. The first kappa shape index (κ1) is 37.9. The average Bonchev–Trinajstić information content (AvgIpc) is 3.31. The van der Waals surface area contributed by atoms with Crippen LogP contribution in [-0.2, 0) is 29.1 Å². The molecular formula is C39H47BClN3O5. The maximum atomic E-state index is 9.24. The van der Waals surface area contributed by atoms with Crippen LogP contribution in [0.15, 0.2) is 67.0 Å². The Morgan fingerprint density at radius 3 is 2.20 bits per heavy atom. The van der Waals surface area contributed by atoms with Crippen molar-refractivity contribution in [3.05, 3.63) is 105 Å². The number of aromatic nitrogens is 1. The number of pyridine rings is 1. The van der Waals surface area contributed by atoms with Crippen molar-refractivity contribution in [1.29, 1.82) is 5.26 Å². The molecule has 0 bridgehead atoms. The molecule has 1 saturated heterocycles. The molecule has 0 saturated carbocycles. The van der Waals surface area contributed by atoms with Gasteiger partial charge in [-0.15, -0.1) is 0 Å². The van der Waals surface area contributed by atoms with Crippen LogP contribution in [0.2, 0.25) is 5.02 Å². The molecule has 1 aromatic heterocycles. The number of nitrogens with one attached hydrogen (secondary N) is 1. The Bertz CT molecular complexity index is 1770. The van der Waals surface area contributed by atoms with Crippen molar-refractivity contribution >= 4 is 24.2 Å². The van der Waals surface area contributed by atoms with E-state index >= 15 is 0 Å². The lowest BCUT2D eigenvalue weighted by molar-refractivity contribution is 0.00578. The Labute approximate surface area is 296 Å². The first-order valence-electron chi connectivity index (χ1n) is 16.7. The molecule has 0 amide bonds. The molecule has 0 radical (unpaired) electrons. The molecule has 5 rings (SSSR count). The van der Waals surface area contributed by atoms with E-state index in [-0.39, 0.29) is 13.2 Å². The molecule has 2 N–H and O–H groups in total.